The van der Waals surface area contributed by atoms with Gasteiger partial charge in [0, 0.05) is 5.46 Å². The number of hydrogen-bond acceptors (Lipinski definition) is 3. The summed E-state index contributed by atoms with van der Waals surface area (Å²) in [5.41, 5.74) is 0.396. The average molecular weight is 126 g/mol. The standard InChI is InChI=1S/C5H7BO3/c1-4-2-5(3-9-4)6(7)8/h2-3,7-8H,1H3. The Bertz CT molecular complexity index is 194. The first-order valence-corrected chi connectivity index (χ1v) is 2.61. The van der Waals surface area contributed by atoms with Crippen molar-refractivity contribution in [3.8, 4) is 0 Å². The molecule has 1 aromatic heterocycles. The zero-order chi connectivity index (χ0) is 6.85. The van der Waals surface area contributed by atoms with E-state index in [4.69, 9.17) is 14.5 Å². The monoisotopic (exact) mass is 126 g/mol. The molecule has 0 fully saturated rings. The summed E-state index contributed by atoms with van der Waals surface area (Å²) in [5, 5.41) is 17.1. The zero-order valence-electron chi connectivity index (χ0n) is 5.03. The Kier molecular flexibility index (Phi) is 1.59. The summed E-state index contributed by atoms with van der Waals surface area (Å²) >= 11 is 0. The molecule has 1 rings (SSSR count). The summed E-state index contributed by atoms with van der Waals surface area (Å²) in [7, 11) is -1.41. The van der Waals surface area contributed by atoms with Crippen LogP contribution in [0.25, 0.3) is 0 Å². The second kappa shape index (κ2) is 2.25. The van der Waals surface area contributed by atoms with Gasteiger partial charge in [-0.1, -0.05) is 0 Å². The van der Waals surface area contributed by atoms with Gasteiger partial charge in [-0.15, -0.1) is 0 Å². The normalized spacial score (nSPS) is 9.67. The molecule has 0 atom stereocenters. The quantitative estimate of drug-likeness (QED) is 0.487. The lowest BCUT2D eigenvalue weighted by atomic mass is 9.83. The van der Waals surface area contributed by atoms with Crippen molar-refractivity contribution in [2.45, 2.75) is 6.92 Å². The molecule has 0 aliphatic heterocycles. The third-order valence-corrected chi connectivity index (χ3v) is 1.05. The smallest absolute Gasteiger partial charge is 0.470 e. The second-order valence-electron chi connectivity index (χ2n) is 1.86. The Balaban J connectivity index is 2.85. The van der Waals surface area contributed by atoms with Gasteiger partial charge < -0.3 is 14.5 Å². The van der Waals surface area contributed by atoms with Gasteiger partial charge in [0.2, 0.25) is 0 Å². The Hall–Kier alpha value is -0.735. The predicted molar refractivity (Wildman–Crippen MR) is 33.3 cm³/mol. The van der Waals surface area contributed by atoms with Gasteiger partial charge in [0.05, 0.1) is 12.0 Å². The molecule has 0 saturated heterocycles. The van der Waals surface area contributed by atoms with E-state index >= 15 is 0 Å². The fourth-order valence-electron chi connectivity index (χ4n) is 0.599. The van der Waals surface area contributed by atoms with E-state index in [-0.39, 0.29) is 0 Å². The highest BCUT2D eigenvalue weighted by molar-refractivity contribution is 6.58. The fourth-order valence-corrected chi connectivity index (χ4v) is 0.599. The van der Waals surface area contributed by atoms with E-state index in [1.165, 1.54) is 6.26 Å². The number of furan rings is 1. The van der Waals surface area contributed by atoms with E-state index in [2.05, 4.69) is 0 Å². The summed E-state index contributed by atoms with van der Waals surface area (Å²) in [5.74, 6) is 0.679. The molecule has 0 aliphatic carbocycles. The summed E-state index contributed by atoms with van der Waals surface area (Å²) in [4.78, 5) is 0. The Morgan fingerprint density at radius 1 is 1.56 bits per heavy atom. The van der Waals surface area contributed by atoms with Crippen molar-refractivity contribution in [2.75, 3.05) is 0 Å². The molecule has 4 heteroatoms. The van der Waals surface area contributed by atoms with Crippen molar-refractivity contribution in [3.63, 3.8) is 0 Å². The van der Waals surface area contributed by atoms with E-state index in [0.717, 1.165) is 0 Å². The fraction of sp³-hybridized carbons (Fsp3) is 0.200. The molecule has 0 aliphatic rings. The van der Waals surface area contributed by atoms with Crippen molar-refractivity contribution >= 4 is 12.6 Å². The summed E-state index contributed by atoms with van der Waals surface area (Å²) < 4.78 is 4.81. The Morgan fingerprint density at radius 2 is 2.22 bits per heavy atom. The highest BCUT2D eigenvalue weighted by Crippen LogP contribution is 1.93. The maximum Gasteiger partial charge on any atom is 0.491 e. The highest BCUT2D eigenvalue weighted by atomic mass is 16.4. The minimum absolute atomic E-state index is 0.396. The van der Waals surface area contributed by atoms with E-state index in [1.807, 2.05) is 0 Å². The highest BCUT2D eigenvalue weighted by Gasteiger charge is 2.12. The van der Waals surface area contributed by atoms with Crippen LogP contribution in [-0.2, 0) is 0 Å². The minimum Gasteiger partial charge on any atom is -0.470 e. The lowest BCUT2D eigenvalue weighted by molar-refractivity contribution is 0.425. The van der Waals surface area contributed by atoms with E-state index < -0.39 is 7.12 Å². The molecule has 0 radical (unpaired) electrons. The third-order valence-electron chi connectivity index (χ3n) is 1.05. The molecule has 0 spiro atoms. The van der Waals surface area contributed by atoms with Gasteiger partial charge in [0.1, 0.15) is 0 Å². The molecule has 0 bridgehead atoms. The van der Waals surface area contributed by atoms with Crippen molar-refractivity contribution in [1.82, 2.24) is 0 Å². The minimum atomic E-state index is -1.41. The van der Waals surface area contributed by atoms with Gasteiger partial charge in [-0.25, -0.2) is 0 Å². The largest absolute Gasteiger partial charge is 0.491 e. The number of rotatable bonds is 1. The summed E-state index contributed by atoms with van der Waals surface area (Å²) in [6.45, 7) is 1.74. The van der Waals surface area contributed by atoms with Crippen LogP contribution in [0.15, 0.2) is 16.7 Å². The molecular weight excluding hydrogens is 119 g/mol. The van der Waals surface area contributed by atoms with Gasteiger partial charge in [-0.3, -0.25) is 0 Å². The van der Waals surface area contributed by atoms with Crippen LogP contribution >= 0.6 is 0 Å². The molecule has 9 heavy (non-hydrogen) atoms. The van der Waals surface area contributed by atoms with Gasteiger partial charge >= 0.3 is 7.12 Å². The molecule has 0 saturated carbocycles. The SMILES string of the molecule is Cc1cc(B(O)O)co1. The maximum absolute atomic E-state index is 8.53. The molecule has 0 unspecified atom stereocenters. The van der Waals surface area contributed by atoms with Gasteiger partial charge in [-0.05, 0) is 13.0 Å². The molecule has 1 heterocycles. The molecule has 0 amide bonds. The summed E-state index contributed by atoms with van der Waals surface area (Å²) in [6.07, 6.45) is 1.32. The lowest BCUT2D eigenvalue weighted by Crippen LogP contribution is -2.27. The summed E-state index contributed by atoms with van der Waals surface area (Å²) in [6, 6.07) is 1.57. The lowest BCUT2D eigenvalue weighted by Gasteiger charge is -1.86. The van der Waals surface area contributed by atoms with E-state index in [1.54, 1.807) is 13.0 Å². The Morgan fingerprint density at radius 3 is 2.44 bits per heavy atom. The van der Waals surface area contributed by atoms with Crippen LogP contribution < -0.4 is 5.46 Å². The molecule has 48 valence electrons. The Labute approximate surface area is 53.1 Å². The van der Waals surface area contributed by atoms with Crippen molar-refractivity contribution in [2.24, 2.45) is 0 Å². The van der Waals surface area contributed by atoms with E-state index in [0.29, 0.717) is 11.2 Å². The van der Waals surface area contributed by atoms with Gasteiger partial charge in [0.25, 0.3) is 0 Å². The van der Waals surface area contributed by atoms with Crippen LogP contribution in [0.5, 0.6) is 0 Å². The van der Waals surface area contributed by atoms with Crippen LogP contribution in [0.2, 0.25) is 0 Å². The van der Waals surface area contributed by atoms with Crippen LogP contribution in [0, 0.1) is 6.92 Å². The van der Waals surface area contributed by atoms with Crippen molar-refractivity contribution < 1.29 is 14.5 Å². The van der Waals surface area contributed by atoms with Crippen LogP contribution in [-0.4, -0.2) is 17.2 Å². The molecular formula is C5H7BO3. The maximum atomic E-state index is 8.53. The molecule has 3 nitrogen and oxygen atoms in total. The number of aryl methyl sites for hydroxylation is 1. The third kappa shape index (κ3) is 1.34. The van der Waals surface area contributed by atoms with E-state index in [9.17, 15) is 0 Å². The second-order valence-corrected chi connectivity index (χ2v) is 1.86. The first kappa shape index (κ1) is 6.39. The van der Waals surface area contributed by atoms with Crippen molar-refractivity contribution in [1.29, 1.82) is 0 Å². The molecule has 0 aromatic carbocycles. The van der Waals surface area contributed by atoms with Crippen LogP contribution in [0.3, 0.4) is 0 Å². The average Bonchev–Trinajstić information content (AvgIpc) is 2.14. The van der Waals surface area contributed by atoms with Crippen molar-refractivity contribution in [3.05, 3.63) is 18.1 Å². The molecule has 1 aromatic rings. The molecule has 2 N–H and O–H groups in total. The van der Waals surface area contributed by atoms with Gasteiger partial charge in [-0.2, -0.15) is 0 Å². The van der Waals surface area contributed by atoms with Crippen LogP contribution in [0.4, 0.5) is 0 Å². The first-order valence-electron chi connectivity index (χ1n) is 2.61. The van der Waals surface area contributed by atoms with Crippen LogP contribution in [0.1, 0.15) is 5.76 Å². The topological polar surface area (TPSA) is 53.6 Å². The first-order chi connectivity index (χ1) is 4.20. The predicted octanol–water partition coefficient (Wildman–Crippen LogP) is -0.732. The number of hydrogen-bond donors (Lipinski definition) is 2. The zero-order valence-corrected chi connectivity index (χ0v) is 5.03. The van der Waals surface area contributed by atoms with Gasteiger partial charge in [0.15, 0.2) is 0 Å².